The molecule has 0 spiro atoms. The number of benzene rings is 8. The zero-order valence-corrected chi connectivity index (χ0v) is 30.9. The molecule has 0 bridgehead atoms. The summed E-state index contributed by atoms with van der Waals surface area (Å²) in [6.07, 6.45) is 0. The fourth-order valence-electron chi connectivity index (χ4n) is 9.04. The molecule has 2 heterocycles. The van der Waals surface area contributed by atoms with E-state index < -0.39 is 0 Å². The third kappa shape index (κ3) is 4.58. The Morgan fingerprint density at radius 3 is 1.91 bits per heavy atom. The maximum atomic E-state index is 2.46. The van der Waals surface area contributed by atoms with E-state index in [2.05, 4.69) is 205 Å². The van der Waals surface area contributed by atoms with Gasteiger partial charge in [0.2, 0.25) is 0 Å². The number of hydrogen-bond donors (Lipinski definition) is 0. The first-order valence-corrected chi connectivity index (χ1v) is 19.5. The minimum Gasteiger partial charge on any atom is -0.310 e. The molecule has 0 atom stereocenters. The zero-order chi connectivity index (χ0) is 36.0. The molecule has 0 unspecified atom stereocenters. The predicted molar refractivity (Wildman–Crippen MR) is 231 cm³/mol. The van der Waals surface area contributed by atoms with Gasteiger partial charge in [0.1, 0.15) is 0 Å². The smallest absolute Gasteiger partial charge is 0.0561 e. The van der Waals surface area contributed by atoms with Crippen LogP contribution in [0.1, 0.15) is 25.0 Å². The van der Waals surface area contributed by atoms with Crippen LogP contribution in [0.25, 0.3) is 69.9 Å². The molecule has 2 aromatic heterocycles. The highest BCUT2D eigenvalue weighted by molar-refractivity contribution is 7.25. The monoisotopic (exact) mass is 708 g/mol. The second kappa shape index (κ2) is 11.8. The molecule has 10 aromatic rings. The molecule has 0 radical (unpaired) electrons. The highest BCUT2D eigenvalue weighted by Gasteiger charge is 2.37. The van der Waals surface area contributed by atoms with Gasteiger partial charge in [-0.3, -0.25) is 0 Å². The highest BCUT2D eigenvalue weighted by Crippen LogP contribution is 2.54. The Morgan fingerprint density at radius 2 is 1.07 bits per heavy atom. The van der Waals surface area contributed by atoms with Crippen LogP contribution in [0.2, 0.25) is 0 Å². The molecule has 1 aliphatic rings. The number of fused-ring (bicyclic) bond motifs is 9. The van der Waals surface area contributed by atoms with Crippen molar-refractivity contribution < 1.29 is 0 Å². The standard InChI is InChI=1S/C51H36N2S/c1-51(2)44-29-26-35(30-43(44)50-38(20-13-21-45(50)51)33-14-5-3-6-15-33)52(37-25-28-42-41-19-10-12-23-48(41)54-49(42)32-37)36-24-27-40-39-18-9-11-22-46(39)53(47(40)31-36)34-16-7-4-8-17-34/h3-32H,1-2H3. The molecule has 0 fully saturated rings. The lowest BCUT2D eigenvalue weighted by atomic mass is 9.82. The lowest BCUT2D eigenvalue weighted by molar-refractivity contribution is 0.660. The van der Waals surface area contributed by atoms with Crippen LogP contribution in [0.15, 0.2) is 182 Å². The maximum absolute atomic E-state index is 2.46. The summed E-state index contributed by atoms with van der Waals surface area (Å²) in [5, 5.41) is 5.12. The summed E-state index contributed by atoms with van der Waals surface area (Å²) in [5.74, 6) is 0. The lowest BCUT2D eigenvalue weighted by Gasteiger charge is -2.27. The van der Waals surface area contributed by atoms with E-state index in [-0.39, 0.29) is 5.41 Å². The summed E-state index contributed by atoms with van der Waals surface area (Å²) < 4.78 is 5.02. The Bertz CT molecular complexity index is 3080. The molecule has 8 aromatic carbocycles. The van der Waals surface area contributed by atoms with Gasteiger partial charge in [-0.2, -0.15) is 0 Å². The first kappa shape index (κ1) is 31.1. The molecule has 3 heteroatoms. The van der Waals surface area contributed by atoms with Crippen molar-refractivity contribution in [3.63, 3.8) is 0 Å². The summed E-state index contributed by atoms with van der Waals surface area (Å²) in [7, 11) is 0. The summed E-state index contributed by atoms with van der Waals surface area (Å²) in [5.41, 5.74) is 14.7. The summed E-state index contributed by atoms with van der Waals surface area (Å²) in [6, 6.07) is 67.1. The van der Waals surface area contributed by atoms with Gasteiger partial charge in [0.15, 0.2) is 0 Å². The van der Waals surface area contributed by atoms with Gasteiger partial charge in [0, 0.05) is 59.1 Å². The fourth-order valence-corrected chi connectivity index (χ4v) is 10.2. The van der Waals surface area contributed by atoms with Crippen LogP contribution in [0.4, 0.5) is 17.1 Å². The number of aromatic nitrogens is 1. The molecule has 2 nitrogen and oxygen atoms in total. The van der Waals surface area contributed by atoms with E-state index in [1.165, 1.54) is 75.4 Å². The van der Waals surface area contributed by atoms with Gasteiger partial charge in [-0.15, -0.1) is 11.3 Å². The Kier molecular flexibility index (Phi) is 6.80. The zero-order valence-electron chi connectivity index (χ0n) is 30.1. The fraction of sp³-hybridized carbons (Fsp3) is 0.0588. The lowest BCUT2D eigenvalue weighted by Crippen LogP contribution is -2.15. The second-order valence-corrected chi connectivity index (χ2v) is 16.0. The van der Waals surface area contributed by atoms with Gasteiger partial charge in [-0.1, -0.05) is 135 Å². The quantitative estimate of drug-likeness (QED) is 0.173. The van der Waals surface area contributed by atoms with Crippen LogP contribution in [0, 0.1) is 0 Å². The van der Waals surface area contributed by atoms with Crippen molar-refractivity contribution in [1.29, 1.82) is 0 Å². The van der Waals surface area contributed by atoms with E-state index in [1.807, 2.05) is 11.3 Å². The van der Waals surface area contributed by atoms with Crippen molar-refractivity contribution in [2.45, 2.75) is 19.3 Å². The van der Waals surface area contributed by atoms with Gasteiger partial charge in [-0.25, -0.2) is 0 Å². The number of anilines is 3. The Morgan fingerprint density at radius 1 is 0.444 bits per heavy atom. The average Bonchev–Trinajstić information content (AvgIpc) is 3.83. The summed E-state index contributed by atoms with van der Waals surface area (Å²) >= 11 is 1.87. The number of rotatable bonds is 5. The van der Waals surface area contributed by atoms with E-state index in [0.717, 1.165) is 22.7 Å². The molecule has 256 valence electrons. The maximum Gasteiger partial charge on any atom is 0.0561 e. The molecular weight excluding hydrogens is 673 g/mol. The summed E-state index contributed by atoms with van der Waals surface area (Å²) in [6.45, 7) is 4.74. The van der Waals surface area contributed by atoms with Crippen molar-refractivity contribution in [3.05, 3.63) is 193 Å². The van der Waals surface area contributed by atoms with Crippen molar-refractivity contribution in [1.82, 2.24) is 4.57 Å². The van der Waals surface area contributed by atoms with E-state index in [1.54, 1.807) is 0 Å². The first-order chi connectivity index (χ1) is 26.5. The minimum atomic E-state index is -0.121. The Labute approximate surface area is 318 Å². The molecule has 0 saturated heterocycles. The molecular formula is C51H36N2S. The number of para-hydroxylation sites is 2. The van der Waals surface area contributed by atoms with Crippen LogP contribution in [-0.4, -0.2) is 4.57 Å². The Hall–Kier alpha value is -6.42. The van der Waals surface area contributed by atoms with Crippen LogP contribution in [0.3, 0.4) is 0 Å². The third-order valence-corrected chi connectivity index (χ3v) is 12.7. The van der Waals surface area contributed by atoms with Gasteiger partial charge in [0.25, 0.3) is 0 Å². The molecule has 11 rings (SSSR count). The minimum absolute atomic E-state index is 0.121. The number of nitrogens with zero attached hydrogens (tertiary/aromatic N) is 2. The van der Waals surface area contributed by atoms with Crippen molar-refractivity contribution in [2.75, 3.05) is 4.90 Å². The van der Waals surface area contributed by atoms with Crippen LogP contribution in [-0.2, 0) is 5.41 Å². The van der Waals surface area contributed by atoms with Crippen molar-refractivity contribution >= 4 is 70.4 Å². The van der Waals surface area contributed by atoms with Crippen LogP contribution in [0.5, 0.6) is 0 Å². The van der Waals surface area contributed by atoms with Crippen molar-refractivity contribution in [3.8, 4) is 27.9 Å². The number of thiophene rings is 1. The molecule has 0 aliphatic heterocycles. The largest absolute Gasteiger partial charge is 0.310 e. The predicted octanol–water partition coefficient (Wildman–Crippen LogP) is 14.6. The second-order valence-electron chi connectivity index (χ2n) is 15.0. The van der Waals surface area contributed by atoms with E-state index in [0.29, 0.717) is 0 Å². The van der Waals surface area contributed by atoms with Gasteiger partial charge in [-0.05, 0) is 94.0 Å². The van der Waals surface area contributed by atoms with Crippen LogP contribution >= 0.6 is 11.3 Å². The Balaban J connectivity index is 1.18. The highest BCUT2D eigenvalue weighted by atomic mass is 32.1. The topological polar surface area (TPSA) is 8.17 Å². The van der Waals surface area contributed by atoms with E-state index in [9.17, 15) is 0 Å². The van der Waals surface area contributed by atoms with Gasteiger partial charge in [0.05, 0.1) is 11.0 Å². The molecule has 0 N–H and O–H groups in total. The third-order valence-electron chi connectivity index (χ3n) is 11.6. The molecule has 0 saturated carbocycles. The normalized spacial score (nSPS) is 13.1. The van der Waals surface area contributed by atoms with Gasteiger partial charge < -0.3 is 9.47 Å². The number of hydrogen-bond acceptors (Lipinski definition) is 2. The summed E-state index contributed by atoms with van der Waals surface area (Å²) in [4.78, 5) is 2.46. The van der Waals surface area contributed by atoms with Crippen molar-refractivity contribution in [2.24, 2.45) is 0 Å². The molecule has 54 heavy (non-hydrogen) atoms. The van der Waals surface area contributed by atoms with Crippen LogP contribution < -0.4 is 4.90 Å². The van der Waals surface area contributed by atoms with E-state index in [4.69, 9.17) is 0 Å². The van der Waals surface area contributed by atoms with Gasteiger partial charge >= 0.3 is 0 Å². The molecule has 1 aliphatic carbocycles. The first-order valence-electron chi connectivity index (χ1n) is 18.7. The average molecular weight is 709 g/mol. The SMILES string of the molecule is CC1(C)c2ccc(N(c3ccc4c(c3)sc3ccccc34)c3ccc4c5ccccc5n(-c5ccccc5)c4c3)cc2-c2c(-c3ccccc3)cccc21. The molecule has 0 amide bonds. The van der Waals surface area contributed by atoms with E-state index >= 15 is 0 Å².